The summed E-state index contributed by atoms with van der Waals surface area (Å²) in [5, 5.41) is 0.417. The molecule has 0 aliphatic heterocycles. The van der Waals surface area contributed by atoms with Crippen molar-refractivity contribution in [3.05, 3.63) is 29.3 Å². The Morgan fingerprint density at radius 1 is 1.42 bits per heavy atom. The van der Waals surface area contributed by atoms with Gasteiger partial charge < -0.3 is 0 Å². The van der Waals surface area contributed by atoms with Crippen LogP contribution in [0.3, 0.4) is 0 Å². The standard InChI is InChI=1S/C8H9F2PS/c1-12-4-5-6(9)2-3-7(11)8(5)10/h2-3H,4,11H2,1H3. The molecule has 0 aliphatic carbocycles. The van der Waals surface area contributed by atoms with Gasteiger partial charge in [0.15, 0.2) is 0 Å². The van der Waals surface area contributed by atoms with Crippen molar-refractivity contribution in [2.75, 3.05) is 6.26 Å². The lowest BCUT2D eigenvalue weighted by atomic mass is 10.2. The van der Waals surface area contributed by atoms with Gasteiger partial charge in [0.25, 0.3) is 0 Å². The smallest absolute Gasteiger partial charge is 0.137 e. The minimum absolute atomic E-state index is 0.162. The maximum Gasteiger partial charge on any atom is 0.137 e. The summed E-state index contributed by atoms with van der Waals surface area (Å²) in [5.41, 5.74) is 0.162. The van der Waals surface area contributed by atoms with E-state index in [-0.39, 0.29) is 5.56 Å². The summed E-state index contributed by atoms with van der Waals surface area (Å²) in [5.74, 6) is -0.540. The van der Waals surface area contributed by atoms with Crippen LogP contribution in [0.15, 0.2) is 12.1 Å². The number of hydrogen-bond acceptors (Lipinski definition) is 1. The Labute approximate surface area is 76.9 Å². The van der Waals surface area contributed by atoms with Crippen LogP contribution >= 0.6 is 21.0 Å². The minimum atomic E-state index is -0.465. The van der Waals surface area contributed by atoms with Gasteiger partial charge in [0.05, 0.1) is 0 Å². The van der Waals surface area contributed by atoms with Crippen LogP contribution < -0.4 is 5.30 Å². The fourth-order valence-corrected chi connectivity index (χ4v) is 1.72. The lowest BCUT2D eigenvalue weighted by molar-refractivity contribution is 0.572. The zero-order valence-electron chi connectivity index (χ0n) is 6.60. The summed E-state index contributed by atoms with van der Waals surface area (Å²) in [7, 11) is 2.24. The third kappa shape index (κ3) is 1.96. The number of hydrogen-bond donors (Lipinski definition) is 0. The van der Waals surface area contributed by atoms with Gasteiger partial charge in [-0.05, 0) is 18.4 Å². The van der Waals surface area contributed by atoms with Gasteiger partial charge >= 0.3 is 0 Å². The molecular formula is C8H9F2PS. The molecule has 12 heavy (non-hydrogen) atoms. The summed E-state index contributed by atoms with van der Waals surface area (Å²) in [6, 6.07) is 2.70. The predicted molar refractivity (Wildman–Crippen MR) is 52.9 cm³/mol. The first-order chi connectivity index (χ1) is 5.66. The van der Waals surface area contributed by atoms with E-state index in [2.05, 4.69) is 9.24 Å². The van der Waals surface area contributed by atoms with Crippen molar-refractivity contribution in [2.45, 2.75) is 5.75 Å². The van der Waals surface area contributed by atoms with Crippen molar-refractivity contribution >= 4 is 26.3 Å². The quantitative estimate of drug-likeness (QED) is 0.669. The van der Waals surface area contributed by atoms with E-state index in [1.165, 1.54) is 23.9 Å². The predicted octanol–water partition coefficient (Wildman–Crippen LogP) is 2.33. The molecule has 1 rings (SSSR count). The van der Waals surface area contributed by atoms with Crippen LogP contribution in [0.2, 0.25) is 0 Å². The SMILES string of the molecule is CSCc1c(F)ccc(P)c1F. The van der Waals surface area contributed by atoms with E-state index in [9.17, 15) is 8.78 Å². The zero-order valence-corrected chi connectivity index (χ0v) is 8.57. The van der Waals surface area contributed by atoms with Crippen LogP contribution in [0.4, 0.5) is 8.78 Å². The highest BCUT2D eigenvalue weighted by Gasteiger charge is 2.09. The van der Waals surface area contributed by atoms with Gasteiger partial charge in [0.1, 0.15) is 11.6 Å². The Morgan fingerprint density at radius 3 is 2.67 bits per heavy atom. The van der Waals surface area contributed by atoms with Crippen LogP contribution in [-0.4, -0.2) is 6.26 Å². The monoisotopic (exact) mass is 206 g/mol. The largest absolute Gasteiger partial charge is 0.207 e. The van der Waals surface area contributed by atoms with Crippen LogP contribution in [-0.2, 0) is 5.75 Å². The average Bonchev–Trinajstić information content (AvgIpc) is 2.06. The molecule has 0 aromatic heterocycles. The summed E-state index contributed by atoms with van der Waals surface area (Å²) in [6.45, 7) is 0. The Kier molecular flexibility index (Phi) is 3.48. The van der Waals surface area contributed by atoms with E-state index in [0.29, 0.717) is 11.1 Å². The van der Waals surface area contributed by atoms with E-state index >= 15 is 0 Å². The molecule has 0 radical (unpaired) electrons. The molecule has 66 valence electrons. The molecule has 0 aliphatic rings. The number of benzene rings is 1. The Hall–Kier alpha value is -0.140. The first-order valence-corrected chi connectivity index (χ1v) is 5.35. The lowest BCUT2D eigenvalue weighted by Crippen LogP contribution is -2.05. The molecule has 1 unspecified atom stereocenters. The topological polar surface area (TPSA) is 0 Å². The van der Waals surface area contributed by atoms with Gasteiger partial charge in [-0.2, -0.15) is 11.8 Å². The van der Waals surface area contributed by atoms with Crippen molar-refractivity contribution < 1.29 is 8.78 Å². The molecule has 0 spiro atoms. The van der Waals surface area contributed by atoms with Gasteiger partial charge in [0, 0.05) is 16.6 Å². The number of rotatable bonds is 2. The van der Waals surface area contributed by atoms with Gasteiger partial charge in [-0.15, -0.1) is 9.24 Å². The maximum absolute atomic E-state index is 13.2. The molecular weight excluding hydrogens is 197 g/mol. The molecule has 0 saturated carbocycles. The summed E-state index contributed by atoms with van der Waals surface area (Å²) in [4.78, 5) is 0. The Morgan fingerprint density at radius 2 is 2.08 bits per heavy atom. The number of halogens is 2. The highest BCUT2D eigenvalue weighted by atomic mass is 32.2. The van der Waals surface area contributed by atoms with Gasteiger partial charge in [-0.1, -0.05) is 0 Å². The van der Waals surface area contributed by atoms with Crippen molar-refractivity contribution in [1.29, 1.82) is 0 Å². The fourth-order valence-electron chi connectivity index (χ4n) is 0.892. The van der Waals surface area contributed by atoms with Crippen molar-refractivity contribution in [3.8, 4) is 0 Å². The summed E-state index contributed by atoms with van der Waals surface area (Å²) in [6.07, 6.45) is 1.81. The number of thioether (sulfide) groups is 1. The van der Waals surface area contributed by atoms with Crippen LogP contribution in [0.25, 0.3) is 0 Å². The second kappa shape index (κ2) is 4.20. The van der Waals surface area contributed by atoms with E-state index in [1.54, 1.807) is 0 Å². The van der Waals surface area contributed by atoms with Gasteiger partial charge in [0.2, 0.25) is 0 Å². The van der Waals surface area contributed by atoms with E-state index in [1.807, 2.05) is 6.26 Å². The van der Waals surface area contributed by atoms with E-state index < -0.39 is 11.6 Å². The van der Waals surface area contributed by atoms with E-state index in [0.717, 1.165) is 0 Å². The highest BCUT2D eigenvalue weighted by Crippen LogP contribution is 2.17. The summed E-state index contributed by atoms with van der Waals surface area (Å²) < 4.78 is 26.1. The Balaban J connectivity index is 3.14. The zero-order chi connectivity index (χ0) is 9.14. The van der Waals surface area contributed by atoms with Gasteiger partial charge in [-0.25, -0.2) is 8.78 Å². The first-order valence-electron chi connectivity index (χ1n) is 3.38. The lowest BCUT2D eigenvalue weighted by Gasteiger charge is -2.04. The normalized spacial score (nSPS) is 10.3. The molecule has 0 bridgehead atoms. The second-order valence-electron chi connectivity index (χ2n) is 2.36. The average molecular weight is 206 g/mol. The molecule has 0 heterocycles. The third-order valence-electron chi connectivity index (χ3n) is 1.50. The Bertz CT molecular complexity index is 289. The second-order valence-corrected chi connectivity index (χ2v) is 3.85. The molecule has 1 aromatic rings. The molecule has 0 nitrogen and oxygen atoms in total. The van der Waals surface area contributed by atoms with Crippen molar-refractivity contribution in [2.24, 2.45) is 0 Å². The van der Waals surface area contributed by atoms with Crippen molar-refractivity contribution in [1.82, 2.24) is 0 Å². The maximum atomic E-state index is 13.2. The third-order valence-corrected chi connectivity index (χ3v) is 2.53. The molecule has 0 N–H and O–H groups in total. The van der Waals surface area contributed by atoms with Gasteiger partial charge in [-0.3, -0.25) is 0 Å². The van der Waals surface area contributed by atoms with Crippen LogP contribution in [0.1, 0.15) is 5.56 Å². The summed E-state index contributed by atoms with van der Waals surface area (Å²) >= 11 is 1.40. The van der Waals surface area contributed by atoms with Crippen LogP contribution in [0.5, 0.6) is 0 Å². The molecule has 0 saturated heterocycles. The van der Waals surface area contributed by atoms with Crippen LogP contribution in [0, 0.1) is 11.6 Å². The van der Waals surface area contributed by atoms with E-state index in [4.69, 9.17) is 0 Å². The fraction of sp³-hybridized carbons (Fsp3) is 0.250. The molecule has 1 aromatic carbocycles. The highest BCUT2D eigenvalue weighted by molar-refractivity contribution is 7.97. The molecule has 1 atom stereocenters. The minimum Gasteiger partial charge on any atom is -0.207 e. The van der Waals surface area contributed by atoms with Crippen molar-refractivity contribution in [3.63, 3.8) is 0 Å². The molecule has 0 fully saturated rings. The molecule has 0 amide bonds. The first kappa shape index (κ1) is 9.94. The molecule has 4 heteroatoms.